The van der Waals surface area contributed by atoms with Gasteiger partial charge in [0.2, 0.25) is 0 Å². The van der Waals surface area contributed by atoms with Gasteiger partial charge in [0.1, 0.15) is 5.54 Å². The number of rotatable bonds is 9. The van der Waals surface area contributed by atoms with Crippen LogP contribution in [-0.4, -0.2) is 65.2 Å². The number of urea groups is 1. The Morgan fingerprint density at radius 3 is 2.24 bits per heavy atom. The van der Waals surface area contributed by atoms with E-state index in [4.69, 9.17) is 0 Å². The van der Waals surface area contributed by atoms with E-state index in [1.165, 1.54) is 18.7 Å². The Labute approximate surface area is 128 Å². The summed E-state index contributed by atoms with van der Waals surface area (Å²) in [7, 11) is 2.08. The molecule has 6 nitrogen and oxygen atoms in total. The second-order valence-corrected chi connectivity index (χ2v) is 6.12. The first kappa shape index (κ1) is 19.7. The van der Waals surface area contributed by atoms with Gasteiger partial charge in [-0.2, -0.15) is 0 Å². The summed E-state index contributed by atoms with van der Waals surface area (Å²) in [6.07, 6.45) is 1.89. The molecule has 0 unspecified atom stereocenters. The van der Waals surface area contributed by atoms with E-state index in [1.54, 1.807) is 6.92 Å². The van der Waals surface area contributed by atoms with Crippen LogP contribution < -0.4 is 5.32 Å². The second kappa shape index (κ2) is 8.87. The molecule has 0 rings (SSSR count). The van der Waals surface area contributed by atoms with Gasteiger partial charge in [-0.15, -0.1) is 0 Å². The average Bonchev–Trinajstić information content (AvgIpc) is 2.38. The van der Waals surface area contributed by atoms with Crippen molar-refractivity contribution in [2.45, 2.75) is 59.0 Å². The summed E-state index contributed by atoms with van der Waals surface area (Å²) in [5.74, 6) is -1.00. The van der Waals surface area contributed by atoms with Gasteiger partial charge >= 0.3 is 12.0 Å². The fourth-order valence-corrected chi connectivity index (χ4v) is 1.94. The van der Waals surface area contributed by atoms with E-state index in [9.17, 15) is 14.7 Å². The van der Waals surface area contributed by atoms with Crippen molar-refractivity contribution in [1.82, 2.24) is 15.1 Å². The van der Waals surface area contributed by atoms with Gasteiger partial charge < -0.3 is 20.2 Å². The molecule has 0 aromatic heterocycles. The smallest absolute Gasteiger partial charge is 0.329 e. The molecule has 0 bridgehead atoms. The molecular weight excluding hydrogens is 270 g/mol. The minimum absolute atomic E-state index is 0.317. The highest BCUT2D eigenvalue weighted by Crippen LogP contribution is 2.14. The van der Waals surface area contributed by atoms with Crippen LogP contribution in [0.15, 0.2) is 0 Å². The Morgan fingerprint density at radius 2 is 1.81 bits per heavy atom. The Morgan fingerprint density at radius 1 is 1.24 bits per heavy atom. The molecule has 0 saturated heterocycles. The number of hydrogen-bond acceptors (Lipinski definition) is 3. The third kappa shape index (κ3) is 6.33. The number of hydrogen-bond donors (Lipinski definition) is 2. The van der Waals surface area contributed by atoms with E-state index in [0.29, 0.717) is 19.1 Å². The third-order valence-electron chi connectivity index (χ3n) is 3.85. The predicted octanol–water partition coefficient (Wildman–Crippen LogP) is 2.00. The largest absolute Gasteiger partial charge is 0.480 e. The predicted molar refractivity (Wildman–Crippen MR) is 84.5 cm³/mol. The fourth-order valence-electron chi connectivity index (χ4n) is 1.94. The summed E-state index contributed by atoms with van der Waals surface area (Å²) in [5.41, 5.74) is -1.20. The second-order valence-electron chi connectivity index (χ2n) is 6.12. The zero-order valence-electron chi connectivity index (χ0n) is 14.3. The van der Waals surface area contributed by atoms with Crippen LogP contribution in [0, 0.1) is 0 Å². The highest BCUT2D eigenvalue weighted by molar-refractivity contribution is 5.85. The van der Waals surface area contributed by atoms with Crippen LogP contribution in [0.3, 0.4) is 0 Å². The summed E-state index contributed by atoms with van der Waals surface area (Å²) in [6.45, 7) is 11.1. The SMILES string of the molecule is CCN(C(=O)NCCCCN(C)C(C)C)C(C)(C)C(=O)O. The van der Waals surface area contributed by atoms with E-state index in [2.05, 4.69) is 31.1 Å². The highest BCUT2D eigenvalue weighted by Gasteiger charge is 2.36. The van der Waals surface area contributed by atoms with Crippen LogP contribution in [0.4, 0.5) is 4.79 Å². The highest BCUT2D eigenvalue weighted by atomic mass is 16.4. The molecule has 0 aromatic carbocycles. The van der Waals surface area contributed by atoms with Gasteiger partial charge in [0.25, 0.3) is 0 Å². The Balaban J connectivity index is 4.16. The number of amides is 2. The van der Waals surface area contributed by atoms with E-state index < -0.39 is 11.5 Å². The molecule has 6 heteroatoms. The molecule has 0 radical (unpaired) electrons. The number of carboxylic acids is 1. The molecule has 0 saturated carbocycles. The van der Waals surface area contributed by atoms with Crippen LogP contribution in [0.25, 0.3) is 0 Å². The zero-order valence-corrected chi connectivity index (χ0v) is 14.3. The molecule has 0 aromatic rings. The maximum atomic E-state index is 12.1. The summed E-state index contributed by atoms with van der Waals surface area (Å²) >= 11 is 0. The first-order valence-electron chi connectivity index (χ1n) is 7.63. The third-order valence-corrected chi connectivity index (χ3v) is 3.85. The molecule has 2 amide bonds. The van der Waals surface area contributed by atoms with E-state index in [1.807, 2.05) is 0 Å². The zero-order chi connectivity index (χ0) is 16.6. The van der Waals surface area contributed by atoms with Gasteiger partial charge in [0.15, 0.2) is 0 Å². The number of nitrogens with zero attached hydrogens (tertiary/aromatic N) is 2. The van der Waals surface area contributed by atoms with Gasteiger partial charge in [-0.25, -0.2) is 9.59 Å². The van der Waals surface area contributed by atoms with Gasteiger partial charge in [-0.05, 0) is 61.1 Å². The van der Waals surface area contributed by atoms with E-state index >= 15 is 0 Å². The fraction of sp³-hybridized carbons (Fsp3) is 0.867. The van der Waals surface area contributed by atoms with E-state index in [0.717, 1.165) is 19.4 Å². The molecule has 0 atom stereocenters. The Hall–Kier alpha value is -1.30. The summed E-state index contributed by atoms with van der Waals surface area (Å²) in [5, 5.41) is 12.0. The molecule has 0 aliphatic rings. The lowest BCUT2D eigenvalue weighted by Gasteiger charge is -2.34. The number of carbonyl (C=O) groups is 2. The van der Waals surface area contributed by atoms with Gasteiger partial charge in [-0.1, -0.05) is 0 Å². The minimum atomic E-state index is -1.20. The van der Waals surface area contributed by atoms with Crippen molar-refractivity contribution in [3.8, 4) is 0 Å². The van der Waals surface area contributed by atoms with E-state index in [-0.39, 0.29) is 6.03 Å². The number of unbranched alkanes of at least 4 members (excludes halogenated alkanes) is 1. The van der Waals surface area contributed by atoms with Gasteiger partial charge in [0.05, 0.1) is 0 Å². The number of aliphatic carboxylic acids is 1. The molecule has 0 aliphatic carbocycles. The molecule has 2 N–H and O–H groups in total. The Kier molecular flexibility index (Phi) is 8.32. The quantitative estimate of drug-likeness (QED) is 0.639. The van der Waals surface area contributed by atoms with Crippen LogP contribution in [0.2, 0.25) is 0 Å². The summed E-state index contributed by atoms with van der Waals surface area (Å²) < 4.78 is 0. The van der Waals surface area contributed by atoms with Gasteiger partial charge in [0, 0.05) is 19.1 Å². The average molecular weight is 301 g/mol. The van der Waals surface area contributed by atoms with Crippen LogP contribution in [-0.2, 0) is 4.79 Å². The van der Waals surface area contributed by atoms with Crippen LogP contribution in [0.1, 0.15) is 47.5 Å². The maximum Gasteiger partial charge on any atom is 0.329 e. The summed E-state index contributed by atoms with van der Waals surface area (Å²) in [6, 6.07) is 0.202. The lowest BCUT2D eigenvalue weighted by molar-refractivity contribution is -0.147. The lowest BCUT2D eigenvalue weighted by Crippen LogP contribution is -2.56. The molecule has 0 aliphatic heterocycles. The van der Waals surface area contributed by atoms with Crippen LogP contribution >= 0.6 is 0 Å². The van der Waals surface area contributed by atoms with Crippen molar-refractivity contribution >= 4 is 12.0 Å². The monoisotopic (exact) mass is 301 g/mol. The number of nitrogens with one attached hydrogen (secondary N) is 1. The van der Waals surface area contributed by atoms with Crippen molar-refractivity contribution in [1.29, 1.82) is 0 Å². The minimum Gasteiger partial charge on any atom is -0.480 e. The Bertz CT molecular complexity index is 343. The van der Waals surface area contributed by atoms with Crippen molar-refractivity contribution in [2.75, 3.05) is 26.7 Å². The number of likely N-dealkylation sites (N-methyl/N-ethyl adjacent to an activating group) is 1. The molecule has 0 fully saturated rings. The standard InChI is InChI=1S/C15H31N3O3/c1-7-18(15(4,5)13(19)20)14(21)16-10-8-9-11-17(6)12(2)3/h12H,7-11H2,1-6H3,(H,16,21)(H,19,20). The van der Waals surface area contributed by atoms with Crippen molar-refractivity contribution in [3.05, 3.63) is 0 Å². The number of carboxylic acid groups (broad SMARTS) is 1. The molecule has 124 valence electrons. The summed E-state index contributed by atoms with van der Waals surface area (Å²) in [4.78, 5) is 26.9. The first-order valence-corrected chi connectivity index (χ1v) is 7.63. The van der Waals surface area contributed by atoms with Crippen LogP contribution in [0.5, 0.6) is 0 Å². The van der Waals surface area contributed by atoms with Crippen molar-refractivity contribution in [3.63, 3.8) is 0 Å². The maximum absolute atomic E-state index is 12.1. The molecular formula is C15H31N3O3. The first-order chi connectivity index (χ1) is 9.64. The van der Waals surface area contributed by atoms with Crippen molar-refractivity contribution < 1.29 is 14.7 Å². The lowest BCUT2D eigenvalue weighted by atomic mass is 10.0. The van der Waals surface area contributed by atoms with Crippen molar-refractivity contribution in [2.24, 2.45) is 0 Å². The van der Waals surface area contributed by atoms with Gasteiger partial charge in [-0.3, -0.25) is 0 Å². The molecule has 0 spiro atoms. The topological polar surface area (TPSA) is 72.9 Å². The normalized spacial score (nSPS) is 11.8. The molecule has 21 heavy (non-hydrogen) atoms. The number of carbonyl (C=O) groups excluding carboxylic acids is 1. The molecule has 0 heterocycles.